The van der Waals surface area contributed by atoms with Crippen molar-refractivity contribution in [1.82, 2.24) is 5.32 Å². The molecule has 1 aliphatic rings. The third-order valence-electron chi connectivity index (χ3n) is 3.07. The van der Waals surface area contributed by atoms with Crippen LogP contribution in [-0.2, 0) is 9.53 Å². The number of methoxy groups -OCH3 is 1. The maximum Gasteiger partial charge on any atom is 0.212 e. The topological polar surface area (TPSA) is 89.1 Å². The molecule has 1 amide bonds. The molecule has 0 aromatic rings. The standard InChI is InChI=1S/C14H20N4O2/c1-9(11(6-15)7-16-3)14-12(10(2)20-4)5-13(18-14)17-8-19/h6-8H,5,15H2,1-4H3,(H,17,18,19)/b11-6?,12-10+,14-9-,16-7?. The van der Waals surface area contributed by atoms with Crippen molar-refractivity contribution in [3.8, 4) is 0 Å². The van der Waals surface area contributed by atoms with Gasteiger partial charge in [0.05, 0.1) is 18.6 Å². The Morgan fingerprint density at radius 1 is 1.50 bits per heavy atom. The monoisotopic (exact) mass is 276 g/mol. The summed E-state index contributed by atoms with van der Waals surface area (Å²) < 4.78 is 5.29. The highest BCUT2D eigenvalue weighted by atomic mass is 16.5. The molecule has 0 aromatic carbocycles. The van der Waals surface area contributed by atoms with Crippen molar-refractivity contribution in [3.63, 3.8) is 0 Å². The van der Waals surface area contributed by atoms with Crippen LogP contribution in [0.25, 0.3) is 0 Å². The van der Waals surface area contributed by atoms with Crippen molar-refractivity contribution < 1.29 is 9.53 Å². The summed E-state index contributed by atoms with van der Waals surface area (Å²) >= 11 is 0. The van der Waals surface area contributed by atoms with E-state index >= 15 is 0 Å². The molecule has 3 N–H and O–H groups in total. The summed E-state index contributed by atoms with van der Waals surface area (Å²) in [4.78, 5) is 19.0. The molecule has 0 atom stereocenters. The second-order valence-corrected chi connectivity index (χ2v) is 4.22. The van der Waals surface area contributed by atoms with E-state index in [2.05, 4.69) is 15.3 Å². The highest BCUT2D eigenvalue weighted by Gasteiger charge is 2.23. The Hall–Kier alpha value is -2.37. The molecule has 1 rings (SSSR count). The molecule has 0 unspecified atom stereocenters. The van der Waals surface area contributed by atoms with Gasteiger partial charge in [-0.3, -0.25) is 9.79 Å². The number of hydrogen-bond donors (Lipinski definition) is 2. The van der Waals surface area contributed by atoms with Crippen molar-refractivity contribution in [2.45, 2.75) is 20.3 Å². The van der Waals surface area contributed by atoms with Crippen LogP contribution in [0.3, 0.4) is 0 Å². The Kier molecular flexibility index (Phi) is 5.71. The van der Waals surface area contributed by atoms with Gasteiger partial charge in [0.1, 0.15) is 5.84 Å². The van der Waals surface area contributed by atoms with Crippen molar-refractivity contribution >= 4 is 18.5 Å². The van der Waals surface area contributed by atoms with Crippen molar-refractivity contribution in [2.24, 2.45) is 15.7 Å². The summed E-state index contributed by atoms with van der Waals surface area (Å²) in [5.41, 5.74) is 8.96. The van der Waals surface area contributed by atoms with Gasteiger partial charge in [-0.25, -0.2) is 4.99 Å². The van der Waals surface area contributed by atoms with Gasteiger partial charge >= 0.3 is 0 Å². The number of allylic oxidation sites excluding steroid dienone is 4. The normalized spacial score (nSPS) is 20.8. The van der Waals surface area contributed by atoms with E-state index in [9.17, 15) is 4.79 Å². The predicted octanol–water partition coefficient (Wildman–Crippen LogP) is 1.27. The highest BCUT2D eigenvalue weighted by molar-refractivity contribution is 5.97. The number of nitrogens with one attached hydrogen (secondary N) is 1. The summed E-state index contributed by atoms with van der Waals surface area (Å²) in [5, 5.41) is 2.59. The molecule has 0 radical (unpaired) electrons. The maximum absolute atomic E-state index is 10.6. The molecule has 0 spiro atoms. The third-order valence-corrected chi connectivity index (χ3v) is 3.07. The zero-order chi connectivity index (χ0) is 15.1. The van der Waals surface area contributed by atoms with Crippen LogP contribution in [0.2, 0.25) is 0 Å². The quantitative estimate of drug-likeness (QED) is 0.460. The van der Waals surface area contributed by atoms with Crippen LogP contribution < -0.4 is 11.1 Å². The number of amides is 1. The zero-order valence-corrected chi connectivity index (χ0v) is 12.2. The Morgan fingerprint density at radius 3 is 2.70 bits per heavy atom. The summed E-state index contributed by atoms with van der Waals surface area (Å²) in [6.07, 6.45) is 4.29. The van der Waals surface area contributed by atoms with Gasteiger partial charge < -0.3 is 15.8 Å². The first-order chi connectivity index (χ1) is 9.58. The van der Waals surface area contributed by atoms with E-state index in [1.54, 1.807) is 20.4 Å². The molecule has 0 saturated heterocycles. The molecule has 1 heterocycles. The Labute approximate surface area is 118 Å². The first kappa shape index (κ1) is 15.7. The number of ether oxygens (including phenoxy) is 1. The molecule has 0 bridgehead atoms. The van der Waals surface area contributed by atoms with Crippen LogP contribution >= 0.6 is 0 Å². The van der Waals surface area contributed by atoms with Crippen LogP contribution in [0.4, 0.5) is 0 Å². The number of carbonyl (C=O) groups is 1. The second kappa shape index (κ2) is 7.28. The lowest BCUT2D eigenvalue weighted by atomic mass is 10.0. The van der Waals surface area contributed by atoms with Gasteiger partial charge in [0.2, 0.25) is 6.41 Å². The largest absolute Gasteiger partial charge is 0.501 e. The molecular formula is C14H20N4O2. The number of aliphatic imine (C=N–C) groups is 2. The van der Waals surface area contributed by atoms with Crippen LogP contribution in [0.5, 0.6) is 0 Å². The fourth-order valence-corrected chi connectivity index (χ4v) is 1.91. The Morgan fingerprint density at radius 2 is 2.20 bits per heavy atom. The number of carbonyl (C=O) groups excluding carboxylic acids is 1. The lowest BCUT2D eigenvalue weighted by Crippen LogP contribution is -2.18. The minimum absolute atomic E-state index is 0.520. The molecule has 6 nitrogen and oxygen atoms in total. The first-order valence-corrected chi connectivity index (χ1v) is 6.16. The van der Waals surface area contributed by atoms with Crippen LogP contribution in [0.1, 0.15) is 20.3 Å². The van der Waals surface area contributed by atoms with Gasteiger partial charge in [-0.05, 0) is 19.4 Å². The van der Waals surface area contributed by atoms with E-state index in [0.717, 1.165) is 28.2 Å². The lowest BCUT2D eigenvalue weighted by molar-refractivity contribution is -0.108. The highest BCUT2D eigenvalue weighted by Crippen LogP contribution is 2.31. The third kappa shape index (κ3) is 3.34. The van der Waals surface area contributed by atoms with Crippen LogP contribution in [-0.4, -0.2) is 32.6 Å². The SMILES string of the molecule is CN=CC(=CN)/C(C)=C1\N=C(NC=O)C\C1=C(\C)OC. The van der Waals surface area contributed by atoms with E-state index in [0.29, 0.717) is 18.7 Å². The molecule has 0 aliphatic carbocycles. The summed E-state index contributed by atoms with van der Waals surface area (Å²) in [6.45, 7) is 3.77. The van der Waals surface area contributed by atoms with Gasteiger partial charge in [0.25, 0.3) is 0 Å². The molecule has 6 heteroatoms. The van der Waals surface area contributed by atoms with E-state index < -0.39 is 0 Å². The summed E-state index contributed by atoms with van der Waals surface area (Å²) in [5.74, 6) is 1.35. The van der Waals surface area contributed by atoms with Gasteiger partial charge in [-0.15, -0.1) is 0 Å². The molecule has 1 aliphatic heterocycles. The van der Waals surface area contributed by atoms with Gasteiger partial charge in [-0.1, -0.05) is 0 Å². The molecule has 20 heavy (non-hydrogen) atoms. The van der Waals surface area contributed by atoms with E-state index in [1.165, 1.54) is 6.20 Å². The fraction of sp³-hybridized carbons (Fsp3) is 0.357. The Bertz CT molecular complexity index is 539. The smallest absolute Gasteiger partial charge is 0.212 e. The molecular weight excluding hydrogens is 256 g/mol. The molecule has 0 fully saturated rings. The molecule has 0 aromatic heterocycles. The summed E-state index contributed by atoms with van der Waals surface area (Å²) in [6, 6.07) is 0. The van der Waals surface area contributed by atoms with Crippen LogP contribution in [0, 0.1) is 0 Å². The minimum Gasteiger partial charge on any atom is -0.501 e. The van der Waals surface area contributed by atoms with E-state index in [-0.39, 0.29) is 0 Å². The predicted molar refractivity (Wildman–Crippen MR) is 80.3 cm³/mol. The lowest BCUT2D eigenvalue weighted by Gasteiger charge is -2.09. The van der Waals surface area contributed by atoms with Crippen LogP contribution in [0.15, 0.2) is 44.4 Å². The average Bonchev–Trinajstić information content (AvgIpc) is 2.87. The number of hydrogen-bond acceptors (Lipinski definition) is 5. The van der Waals surface area contributed by atoms with Gasteiger partial charge in [-0.2, -0.15) is 0 Å². The number of nitrogens with two attached hydrogens (primary N) is 1. The second-order valence-electron chi connectivity index (χ2n) is 4.22. The number of amidine groups is 1. The van der Waals surface area contributed by atoms with E-state index in [4.69, 9.17) is 10.5 Å². The average molecular weight is 276 g/mol. The molecule has 108 valence electrons. The zero-order valence-electron chi connectivity index (χ0n) is 12.2. The van der Waals surface area contributed by atoms with Crippen molar-refractivity contribution in [1.29, 1.82) is 0 Å². The molecule has 0 saturated carbocycles. The van der Waals surface area contributed by atoms with Gasteiger partial charge in [0.15, 0.2) is 0 Å². The van der Waals surface area contributed by atoms with Gasteiger partial charge in [0, 0.05) is 37.0 Å². The first-order valence-electron chi connectivity index (χ1n) is 6.16. The Balaban J connectivity index is 3.37. The van der Waals surface area contributed by atoms with Crippen molar-refractivity contribution in [2.75, 3.05) is 14.2 Å². The maximum atomic E-state index is 10.6. The van der Waals surface area contributed by atoms with Crippen molar-refractivity contribution in [3.05, 3.63) is 34.4 Å². The summed E-state index contributed by atoms with van der Waals surface area (Å²) in [7, 11) is 3.28. The number of rotatable bonds is 4. The van der Waals surface area contributed by atoms with E-state index in [1.807, 2.05) is 13.8 Å². The minimum atomic E-state index is 0.520. The fourth-order valence-electron chi connectivity index (χ4n) is 1.91. The number of nitrogens with zero attached hydrogens (tertiary/aromatic N) is 2.